The molecule has 0 spiro atoms. The number of benzene rings is 2. The molecule has 0 fully saturated rings. The van der Waals surface area contributed by atoms with Gasteiger partial charge in [0.1, 0.15) is 5.75 Å². The van der Waals surface area contributed by atoms with Gasteiger partial charge in [0.2, 0.25) is 11.8 Å². The lowest BCUT2D eigenvalue weighted by molar-refractivity contribution is -0.129. The minimum absolute atomic E-state index is 0.00868. The first-order valence-corrected chi connectivity index (χ1v) is 9.37. The molecule has 2 rings (SSSR count). The van der Waals surface area contributed by atoms with Gasteiger partial charge >= 0.3 is 0 Å². The summed E-state index contributed by atoms with van der Waals surface area (Å²) in [7, 11) is 0. The molecule has 2 amide bonds. The highest BCUT2D eigenvalue weighted by atomic mass is 35.5. The van der Waals surface area contributed by atoms with E-state index in [1.807, 2.05) is 54.6 Å². The monoisotopic (exact) mass is 388 g/mol. The summed E-state index contributed by atoms with van der Waals surface area (Å²) in [6.45, 7) is 3.36. The number of para-hydroxylation sites is 1. The van der Waals surface area contributed by atoms with Crippen LogP contribution in [-0.2, 0) is 16.0 Å². The van der Waals surface area contributed by atoms with E-state index in [2.05, 4.69) is 5.32 Å². The van der Waals surface area contributed by atoms with Crippen molar-refractivity contribution in [1.29, 1.82) is 0 Å². The number of hydrogen-bond donors (Lipinski definition) is 1. The summed E-state index contributed by atoms with van der Waals surface area (Å²) in [5, 5.41) is 3.53. The Kier molecular flexibility index (Phi) is 8.65. The number of nitrogens with one attached hydrogen (secondary N) is 1. The van der Waals surface area contributed by atoms with E-state index in [0.717, 1.165) is 17.7 Å². The molecule has 0 aliphatic heterocycles. The highest BCUT2D eigenvalue weighted by molar-refractivity contribution is 6.30. The number of halogens is 1. The molecule has 144 valence electrons. The Morgan fingerprint density at radius 3 is 2.41 bits per heavy atom. The largest absolute Gasteiger partial charge is 0.493 e. The van der Waals surface area contributed by atoms with E-state index >= 15 is 0 Å². The van der Waals surface area contributed by atoms with Crippen LogP contribution >= 0.6 is 11.6 Å². The summed E-state index contributed by atoms with van der Waals surface area (Å²) >= 11 is 5.88. The van der Waals surface area contributed by atoms with Crippen molar-refractivity contribution in [2.45, 2.75) is 19.8 Å². The molecule has 27 heavy (non-hydrogen) atoms. The Balaban J connectivity index is 1.65. The van der Waals surface area contributed by atoms with Crippen molar-refractivity contribution < 1.29 is 14.3 Å². The third kappa shape index (κ3) is 8.13. The Bertz CT molecular complexity index is 720. The summed E-state index contributed by atoms with van der Waals surface area (Å²) in [4.78, 5) is 25.4. The lowest BCUT2D eigenvalue weighted by atomic mass is 10.1. The van der Waals surface area contributed by atoms with E-state index in [1.54, 1.807) is 4.90 Å². The zero-order chi connectivity index (χ0) is 19.5. The number of amides is 2. The smallest absolute Gasteiger partial charge is 0.223 e. The van der Waals surface area contributed by atoms with Crippen molar-refractivity contribution in [3.05, 3.63) is 65.2 Å². The van der Waals surface area contributed by atoms with E-state index in [0.29, 0.717) is 31.3 Å². The summed E-state index contributed by atoms with van der Waals surface area (Å²) in [5.41, 5.74) is 1.12. The van der Waals surface area contributed by atoms with E-state index in [1.165, 1.54) is 6.92 Å². The molecule has 2 aromatic carbocycles. The molecule has 0 radical (unpaired) electrons. The Hall–Kier alpha value is -2.53. The van der Waals surface area contributed by atoms with Gasteiger partial charge in [-0.2, -0.15) is 0 Å². The van der Waals surface area contributed by atoms with Gasteiger partial charge in [0, 0.05) is 31.6 Å². The molecule has 0 unspecified atom stereocenters. The maximum absolute atomic E-state index is 11.9. The van der Waals surface area contributed by atoms with Crippen molar-refractivity contribution in [3.8, 4) is 5.75 Å². The van der Waals surface area contributed by atoms with Crippen LogP contribution in [0, 0.1) is 0 Å². The van der Waals surface area contributed by atoms with E-state index in [4.69, 9.17) is 16.3 Å². The summed E-state index contributed by atoms with van der Waals surface area (Å²) < 4.78 is 5.50. The minimum Gasteiger partial charge on any atom is -0.493 e. The number of ether oxygens (including phenoxy) is 1. The molecule has 6 heteroatoms. The second-order valence-electron chi connectivity index (χ2n) is 6.14. The van der Waals surface area contributed by atoms with Crippen molar-refractivity contribution in [2.24, 2.45) is 0 Å². The molecule has 0 bridgehead atoms. The topological polar surface area (TPSA) is 58.6 Å². The number of rotatable bonds is 10. The van der Waals surface area contributed by atoms with Crippen LogP contribution in [0.1, 0.15) is 18.9 Å². The zero-order valence-electron chi connectivity index (χ0n) is 15.5. The SMILES string of the molecule is CC(=O)N(CCNC(=O)CCOc1ccccc1)CCc1ccc(Cl)cc1. The van der Waals surface area contributed by atoms with Gasteiger partial charge in [0.05, 0.1) is 13.0 Å². The Labute approximate surface area is 165 Å². The molecule has 0 aliphatic rings. The zero-order valence-corrected chi connectivity index (χ0v) is 16.2. The molecular formula is C21H25ClN2O3. The van der Waals surface area contributed by atoms with Crippen LogP contribution < -0.4 is 10.1 Å². The van der Waals surface area contributed by atoms with Gasteiger partial charge in [0.25, 0.3) is 0 Å². The van der Waals surface area contributed by atoms with Crippen LogP contribution in [0.2, 0.25) is 5.02 Å². The summed E-state index contributed by atoms with van der Waals surface area (Å²) in [6.07, 6.45) is 1.02. The van der Waals surface area contributed by atoms with Gasteiger partial charge in [-0.3, -0.25) is 9.59 Å². The first-order chi connectivity index (χ1) is 13.0. The second kappa shape index (κ2) is 11.2. The predicted octanol–water partition coefficient (Wildman–Crippen LogP) is 3.32. The Morgan fingerprint density at radius 1 is 1.04 bits per heavy atom. The van der Waals surface area contributed by atoms with Crippen LogP contribution in [0.3, 0.4) is 0 Å². The fraction of sp³-hybridized carbons (Fsp3) is 0.333. The predicted molar refractivity (Wildman–Crippen MR) is 107 cm³/mol. The maximum atomic E-state index is 11.9. The van der Waals surface area contributed by atoms with Gasteiger partial charge in [-0.25, -0.2) is 0 Å². The fourth-order valence-corrected chi connectivity index (χ4v) is 2.66. The van der Waals surface area contributed by atoms with Gasteiger partial charge in [-0.05, 0) is 36.2 Å². The van der Waals surface area contributed by atoms with Crippen molar-refractivity contribution in [1.82, 2.24) is 10.2 Å². The molecule has 1 N–H and O–H groups in total. The standard InChI is InChI=1S/C21H25ClN2O3/c1-17(25)24(14-11-18-7-9-19(22)10-8-18)15-13-23-21(26)12-16-27-20-5-3-2-4-6-20/h2-10H,11-16H2,1H3,(H,23,26). The molecule has 5 nitrogen and oxygen atoms in total. The molecule has 0 aliphatic carbocycles. The highest BCUT2D eigenvalue weighted by Gasteiger charge is 2.09. The minimum atomic E-state index is -0.0906. The fourth-order valence-electron chi connectivity index (χ4n) is 2.54. The molecule has 2 aromatic rings. The number of carbonyl (C=O) groups is 2. The van der Waals surface area contributed by atoms with Gasteiger partial charge in [-0.1, -0.05) is 41.9 Å². The van der Waals surface area contributed by atoms with Gasteiger partial charge in [0.15, 0.2) is 0 Å². The summed E-state index contributed by atoms with van der Waals surface area (Å²) in [5.74, 6) is 0.646. The van der Waals surface area contributed by atoms with Crippen molar-refractivity contribution in [2.75, 3.05) is 26.2 Å². The quantitative estimate of drug-likeness (QED) is 0.679. The third-order valence-electron chi connectivity index (χ3n) is 4.07. The van der Waals surface area contributed by atoms with Crippen LogP contribution in [-0.4, -0.2) is 43.0 Å². The molecule has 0 aromatic heterocycles. The number of hydrogen-bond acceptors (Lipinski definition) is 3. The van der Waals surface area contributed by atoms with Crippen molar-refractivity contribution in [3.63, 3.8) is 0 Å². The molecule has 0 heterocycles. The molecular weight excluding hydrogens is 364 g/mol. The van der Waals surface area contributed by atoms with E-state index < -0.39 is 0 Å². The van der Waals surface area contributed by atoms with E-state index in [-0.39, 0.29) is 18.2 Å². The lowest BCUT2D eigenvalue weighted by Gasteiger charge is -2.21. The third-order valence-corrected chi connectivity index (χ3v) is 4.33. The molecule has 0 saturated heterocycles. The second-order valence-corrected chi connectivity index (χ2v) is 6.58. The average molecular weight is 389 g/mol. The van der Waals surface area contributed by atoms with E-state index in [9.17, 15) is 9.59 Å². The van der Waals surface area contributed by atoms with Crippen LogP contribution in [0.15, 0.2) is 54.6 Å². The van der Waals surface area contributed by atoms with Crippen LogP contribution in [0.5, 0.6) is 5.75 Å². The molecule has 0 saturated carbocycles. The van der Waals surface area contributed by atoms with Crippen LogP contribution in [0.4, 0.5) is 0 Å². The molecule has 0 atom stereocenters. The van der Waals surface area contributed by atoms with Gasteiger partial charge in [-0.15, -0.1) is 0 Å². The lowest BCUT2D eigenvalue weighted by Crippen LogP contribution is -2.38. The highest BCUT2D eigenvalue weighted by Crippen LogP contribution is 2.10. The van der Waals surface area contributed by atoms with Crippen molar-refractivity contribution >= 4 is 23.4 Å². The average Bonchev–Trinajstić information content (AvgIpc) is 2.66. The number of nitrogens with zero attached hydrogens (tertiary/aromatic N) is 1. The summed E-state index contributed by atoms with van der Waals surface area (Å²) in [6, 6.07) is 17.0. The Morgan fingerprint density at radius 2 is 1.74 bits per heavy atom. The number of carbonyl (C=O) groups excluding carboxylic acids is 2. The maximum Gasteiger partial charge on any atom is 0.223 e. The first-order valence-electron chi connectivity index (χ1n) is 8.99. The first kappa shape index (κ1) is 20.8. The normalized spacial score (nSPS) is 10.3. The van der Waals surface area contributed by atoms with Crippen LogP contribution in [0.25, 0.3) is 0 Å². The van der Waals surface area contributed by atoms with Gasteiger partial charge < -0.3 is 15.0 Å².